The summed E-state index contributed by atoms with van der Waals surface area (Å²) in [7, 11) is 0. The van der Waals surface area contributed by atoms with E-state index in [9.17, 15) is 18.0 Å². The summed E-state index contributed by atoms with van der Waals surface area (Å²) >= 11 is 3.03. The smallest absolute Gasteiger partial charge is 0.336 e. The van der Waals surface area contributed by atoms with Gasteiger partial charge in [0, 0.05) is 17.1 Å². The van der Waals surface area contributed by atoms with E-state index in [2.05, 4.69) is 15.9 Å². The molecule has 0 spiro atoms. The van der Waals surface area contributed by atoms with E-state index in [1.54, 1.807) is 0 Å². The number of carbonyl (C=O) groups is 1. The molecule has 0 saturated heterocycles. The largest absolute Gasteiger partial charge is 0.417 e. The van der Waals surface area contributed by atoms with Crippen LogP contribution < -0.4 is 0 Å². The highest BCUT2D eigenvalue weighted by Crippen LogP contribution is 2.36. The molecule has 1 amide bonds. The topological polar surface area (TPSA) is 20.3 Å². The minimum absolute atomic E-state index is 0.122. The maximum Gasteiger partial charge on any atom is 0.417 e. The van der Waals surface area contributed by atoms with Gasteiger partial charge < -0.3 is 4.90 Å². The average molecular weight is 364 g/mol. The summed E-state index contributed by atoms with van der Waals surface area (Å²) in [6.07, 6.45) is -2.46. The van der Waals surface area contributed by atoms with Gasteiger partial charge in [-0.2, -0.15) is 13.2 Å². The number of halogens is 4. The van der Waals surface area contributed by atoms with Crippen LogP contribution in [0.15, 0.2) is 22.7 Å². The normalized spacial score (nSPS) is 15.4. The number of alkyl halides is 3. The molecular formula is C15H17BrF3NO. The molecule has 0 aromatic heterocycles. The summed E-state index contributed by atoms with van der Waals surface area (Å²) in [6.45, 7) is 4.18. The van der Waals surface area contributed by atoms with E-state index in [-0.39, 0.29) is 11.6 Å². The van der Waals surface area contributed by atoms with Crippen LogP contribution in [0.25, 0.3) is 0 Å². The molecule has 116 valence electrons. The predicted octanol–water partition coefficient (Wildman–Crippen LogP) is 4.73. The fraction of sp³-hybridized carbons (Fsp3) is 0.533. The monoisotopic (exact) mass is 363 g/mol. The summed E-state index contributed by atoms with van der Waals surface area (Å²) in [4.78, 5) is 14.1. The van der Waals surface area contributed by atoms with Gasteiger partial charge in [-0.3, -0.25) is 4.79 Å². The minimum Gasteiger partial charge on any atom is -0.336 e. The zero-order chi connectivity index (χ0) is 15.8. The first-order valence-electron chi connectivity index (χ1n) is 6.88. The number of hydrogen-bond donors (Lipinski definition) is 0. The first kappa shape index (κ1) is 16.3. The Morgan fingerprint density at radius 2 is 2.00 bits per heavy atom. The highest BCUT2D eigenvalue weighted by Gasteiger charge is 2.37. The minimum atomic E-state index is -4.54. The molecule has 1 aromatic rings. The van der Waals surface area contributed by atoms with Crippen LogP contribution in [0.1, 0.15) is 42.6 Å². The molecule has 0 atom stereocenters. The second-order valence-corrected chi connectivity index (χ2v) is 6.60. The van der Waals surface area contributed by atoms with E-state index in [1.807, 2.05) is 13.8 Å². The van der Waals surface area contributed by atoms with Crippen LogP contribution in [-0.4, -0.2) is 23.4 Å². The van der Waals surface area contributed by atoms with Crippen molar-refractivity contribution < 1.29 is 18.0 Å². The van der Waals surface area contributed by atoms with Crippen molar-refractivity contribution >= 4 is 21.8 Å². The van der Waals surface area contributed by atoms with Gasteiger partial charge >= 0.3 is 6.18 Å². The Kier molecular flexibility index (Phi) is 4.66. The molecule has 0 N–H and O–H groups in total. The van der Waals surface area contributed by atoms with Gasteiger partial charge in [0.1, 0.15) is 0 Å². The average Bonchev–Trinajstić information content (AvgIpc) is 3.17. The predicted molar refractivity (Wildman–Crippen MR) is 78.0 cm³/mol. The van der Waals surface area contributed by atoms with E-state index in [0.717, 1.165) is 18.9 Å². The van der Waals surface area contributed by atoms with E-state index in [0.29, 0.717) is 16.9 Å². The van der Waals surface area contributed by atoms with Crippen LogP contribution >= 0.6 is 15.9 Å². The molecule has 2 nitrogen and oxygen atoms in total. The fourth-order valence-corrected chi connectivity index (χ4v) is 2.56. The molecule has 1 aliphatic carbocycles. The lowest BCUT2D eigenvalue weighted by atomic mass is 10.0. The highest BCUT2D eigenvalue weighted by molar-refractivity contribution is 9.10. The summed E-state index contributed by atoms with van der Waals surface area (Å²) in [5, 5.41) is 0. The molecule has 1 fully saturated rings. The highest BCUT2D eigenvalue weighted by atomic mass is 79.9. The van der Waals surface area contributed by atoms with Gasteiger partial charge in [0.2, 0.25) is 0 Å². The lowest BCUT2D eigenvalue weighted by Crippen LogP contribution is -2.39. The van der Waals surface area contributed by atoms with E-state index >= 15 is 0 Å². The lowest BCUT2D eigenvalue weighted by molar-refractivity contribution is -0.138. The fourth-order valence-electron chi connectivity index (χ4n) is 2.20. The molecule has 0 unspecified atom stereocenters. The quantitative estimate of drug-likeness (QED) is 0.757. The molecule has 0 radical (unpaired) electrons. The van der Waals surface area contributed by atoms with Crippen LogP contribution in [0.2, 0.25) is 0 Å². The summed E-state index contributed by atoms with van der Waals surface area (Å²) in [6, 6.07) is 3.56. The van der Waals surface area contributed by atoms with Crippen LogP contribution in [0.4, 0.5) is 13.2 Å². The standard InChI is InChI=1S/C15H17BrF3NO/c1-9(2)20(8-10-3-4-10)14(21)12-6-5-11(16)7-13(12)15(17,18)19/h5-7,9-10H,3-4,8H2,1-2H3. The van der Waals surface area contributed by atoms with Crippen molar-refractivity contribution in [3.63, 3.8) is 0 Å². The summed E-state index contributed by atoms with van der Waals surface area (Å²) < 4.78 is 39.7. The Balaban J connectivity index is 2.36. The maximum atomic E-state index is 13.1. The van der Waals surface area contributed by atoms with Crippen molar-refractivity contribution in [3.8, 4) is 0 Å². The molecular weight excluding hydrogens is 347 g/mol. The van der Waals surface area contributed by atoms with Crippen molar-refractivity contribution in [2.45, 2.75) is 38.9 Å². The molecule has 6 heteroatoms. The molecule has 21 heavy (non-hydrogen) atoms. The van der Waals surface area contributed by atoms with Crippen molar-refractivity contribution in [1.29, 1.82) is 0 Å². The Labute approximate surface area is 130 Å². The first-order valence-corrected chi connectivity index (χ1v) is 7.67. The van der Waals surface area contributed by atoms with E-state index < -0.39 is 17.6 Å². The van der Waals surface area contributed by atoms with Crippen LogP contribution in [0, 0.1) is 5.92 Å². The van der Waals surface area contributed by atoms with Gasteiger partial charge in [-0.1, -0.05) is 15.9 Å². The lowest BCUT2D eigenvalue weighted by Gasteiger charge is -2.28. The third-order valence-corrected chi connectivity index (χ3v) is 4.05. The van der Waals surface area contributed by atoms with Gasteiger partial charge in [0.05, 0.1) is 11.1 Å². The second-order valence-electron chi connectivity index (χ2n) is 5.68. The van der Waals surface area contributed by atoms with Gasteiger partial charge in [-0.15, -0.1) is 0 Å². The molecule has 1 aromatic carbocycles. The second kappa shape index (κ2) is 5.99. The SMILES string of the molecule is CC(C)N(CC1CC1)C(=O)c1ccc(Br)cc1C(F)(F)F. The van der Waals surface area contributed by atoms with Gasteiger partial charge in [-0.25, -0.2) is 0 Å². The number of nitrogens with zero attached hydrogens (tertiary/aromatic N) is 1. The Hall–Kier alpha value is -1.04. The molecule has 0 bridgehead atoms. The number of benzene rings is 1. The zero-order valence-corrected chi connectivity index (χ0v) is 13.5. The number of rotatable bonds is 4. The van der Waals surface area contributed by atoms with Gasteiger partial charge in [0.15, 0.2) is 0 Å². The van der Waals surface area contributed by atoms with Gasteiger partial charge in [-0.05, 0) is 50.8 Å². The van der Waals surface area contributed by atoms with Crippen molar-refractivity contribution in [2.75, 3.05) is 6.54 Å². The molecule has 2 rings (SSSR count). The molecule has 1 aliphatic rings. The number of carbonyl (C=O) groups excluding carboxylic acids is 1. The number of amides is 1. The van der Waals surface area contributed by atoms with Crippen molar-refractivity contribution in [2.24, 2.45) is 5.92 Å². The number of hydrogen-bond acceptors (Lipinski definition) is 1. The van der Waals surface area contributed by atoms with E-state index in [1.165, 1.54) is 17.0 Å². The van der Waals surface area contributed by atoms with Crippen molar-refractivity contribution in [3.05, 3.63) is 33.8 Å². The third-order valence-electron chi connectivity index (χ3n) is 3.55. The van der Waals surface area contributed by atoms with Crippen molar-refractivity contribution in [1.82, 2.24) is 4.90 Å². The molecule has 0 heterocycles. The third kappa shape index (κ3) is 3.99. The molecule has 1 saturated carbocycles. The molecule has 0 aliphatic heterocycles. The first-order chi connectivity index (χ1) is 9.70. The Morgan fingerprint density at radius 1 is 1.38 bits per heavy atom. The Bertz CT molecular complexity index is 538. The van der Waals surface area contributed by atoms with Gasteiger partial charge in [0.25, 0.3) is 5.91 Å². The summed E-state index contributed by atoms with van der Waals surface area (Å²) in [5.74, 6) is -0.113. The zero-order valence-electron chi connectivity index (χ0n) is 11.9. The van der Waals surface area contributed by atoms with Crippen LogP contribution in [0.5, 0.6) is 0 Å². The van der Waals surface area contributed by atoms with Crippen LogP contribution in [-0.2, 0) is 6.18 Å². The Morgan fingerprint density at radius 3 is 2.48 bits per heavy atom. The van der Waals surface area contributed by atoms with Crippen LogP contribution in [0.3, 0.4) is 0 Å². The van der Waals surface area contributed by atoms with E-state index in [4.69, 9.17) is 0 Å². The summed E-state index contributed by atoms with van der Waals surface area (Å²) in [5.41, 5.74) is -1.16. The maximum absolute atomic E-state index is 13.1.